The van der Waals surface area contributed by atoms with Gasteiger partial charge in [-0.1, -0.05) is 74.9 Å². The zero-order chi connectivity index (χ0) is 19.4. The summed E-state index contributed by atoms with van der Waals surface area (Å²) < 4.78 is 0. The van der Waals surface area contributed by atoms with Gasteiger partial charge >= 0.3 is 0 Å². The Kier molecular flexibility index (Phi) is 6.56. The molecule has 1 aliphatic heterocycles. The number of rotatable bonds is 5. The Morgan fingerprint density at radius 3 is 2.48 bits per heavy atom. The molecule has 3 rings (SSSR count). The van der Waals surface area contributed by atoms with E-state index in [0.717, 1.165) is 60.0 Å². The van der Waals surface area contributed by atoms with Crippen molar-refractivity contribution >= 4 is 34.4 Å². The van der Waals surface area contributed by atoms with E-state index in [1.54, 1.807) is 0 Å². The molecule has 2 aromatic carbocycles. The molecular formula is C23H29ClN2S. The van der Waals surface area contributed by atoms with Crippen molar-refractivity contribution in [2.24, 2.45) is 5.41 Å². The molecule has 2 aromatic rings. The largest absolute Gasteiger partial charge is 0.380 e. The van der Waals surface area contributed by atoms with Gasteiger partial charge in [0.1, 0.15) is 0 Å². The Morgan fingerprint density at radius 2 is 1.78 bits per heavy atom. The minimum absolute atomic E-state index is 0.216. The van der Waals surface area contributed by atoms with E-state index in [9.17, 15) is 0 Å². The lowest BCUT2D eigenvalue weighted by Gasteiger charge is -2.19. The van der Waals surface area contributed by atoms with E-state index in [1.165, 1.54) is 16.7 Å². The van der Waals surface area contributed by atoms with Crippen LogP contribution in [0.5, 0.6) is 0 Å². The zero-order valence-electron chi connectivity index (χ0n) is 16.5. The van der Waals surface area contributed by atoms with Crippen LogP contribution in [0.3, 0.4) is 0 Å². The van der Waals surface area contributed by atoms with Crippen molar-refractivity contribution < 1.29 is 0 Å². The molecule has 0 spiro atoms. The molecule has 0 aliphatic carbocycles. The number of hydrogen-bond acceptors (Lipinski definition) is 3. The minimum atomic E-state index is 0.216. The van der Waals surface area contributed by atoms with Crippen molar-refractivity contribution in [3.8, 4) is 0 Å². The quantitative estimate of drug-likeness (QED) is 0.490. The summed E-state index contributed by atoms with van der Waals surface area (Å²) in [5, 5.41) is 7.85. The molecule has 0 atom stereocenters. The molecule has 0 radical (unpaired) electrons. The molecule has 0 amide bonds. The molecule has 4 heteroatoms. The average Bonchev–Trinajstić information content (AvgIpc) is 2.85. The van der Waals surface area contributed by atoms with Gasteiger partial charge in [-0.05, 0) is 66.1 Å². The normalized spacial score (nSPS) is 14.4. The molecule has 0 saturated carbocycles. The van der Waals surface area contributed by atoms with E-state index in [-0.39, 0.29) is 5.41 Å². The lowest BCUT2D eigenvalue weighted by atomic mass is 9.88. The van der Waals surface area contributed by atoms with Gasteiger partial charge in [-0.3, -0.25) is 0 Å². The van der Waals surface area contributed by atoms with E-state index in [4.69, 9.17) is 23.8 Å². The maximum Gasteiger partial charge on any atom is 0.0640 e. The van der Waals surface area contributed by atoms with Gasteiger partial charge in [0.25, 0.3) is 0 Å². The van der Waals surface area contributed by atoms with Crippen LogP contribution >= 0.6 is 23.8 Å². The van der Waals surface area contributed by atoms with E-state index in [1.807, 2.05) is 6.07 Å². The fraction of sp³-hybridized carbons (Fsp3) is 0.435. The number of hydrogen-bond donors (Lipinski definition) is 2. The Balaban J connectivity index is 1.70. The topological polar surface area (TPSA) is 24.1 Å². The molecule has 0 aromatic heterocycles. The van der Waals surface area contributed by atoms with Gasteiger partial charge in [0, 0.05) is 11.4 Å². The van der Waals surface area contributed by atoms with Gasteiger partial charge < -0.3 is 10.6 Å². The Morgan fingerprint density at radius 1 is 1.07 bits per heavy atom. The minimum Gasteiger partial charge on any atom is -0.380 e. The van der Waals surface area contributed by atoms with Gasteiger partial charge in [-0.2, -0.15) is 0 Å². The van der Waals surface area contributed by atoms with E-state index >= 15 is 0 Å². The van der Waals surface area contributed by atoms with Gasteiger partial charge in [-0.25, -0.2) is 0 Å². The second-order valence-corrected chi connectivity index (χ2v) is 9.42. The molecule has 0 saturated heterocycles. The van der Waals surface area contributed by atoms with Crippen molar-refractivity contribution in [3.05, 3.63) is 63.7 Å². The highest BCUT2D eigenvalue weighted by molar-refractivity contribution is 7.80. The molecule has 0 unspecified atom stereocenters. The van der Waals surface area contributed by atoms with Crippen molar-refractivity contribution in [2.75, 3.05) is 18.4 Å². The van der Waals surface area contributed by atoms with Crippen LogP contribution in [-0.2, 0) is 19.4 Å². The van der Waals surface area contributed by atoms with Crippen molar-refractivity contribution in [1.82, 2.24) is 5.32 Å². The smallest absolute Gasteiger partial charge is 0.0640 e. The van der Waals surface area contributed by atoms with Crippen molar-refractivity contribution in [1.29, 1.82) is 0 Å². The SMILES string of the molecule is CC(C)(C)CC(=S)c1ccc(CNc2c(Cl)ccc3c2CCNCC3)cc1. The molecule has 1 heterocycles. The maximum atomic E-state index is 6.51. The highest BCUT2D eigenvalue weighted by Gasteiger charge is 2.16. The average molecular weight is 401 g/mol. The summed E-state index contributed by atoms with van der Waals surface area (Å²) in [5.74, 6) is 0. The van der Waals surface area contributed by atoms with Crippen LogP contribution in [0.1, 0.15) is 49.4 Å². The summed E-state index contributed by atoms with van der Waals surface area (Å²) >= 11 is 12.1. The van der Waals surface area contributed by atoms with Crippen LogP contribution in [0.25, 0.3) is 0 Å². The Labute approximate surface area is 173 Å². The molecule has 2 nitrogen and oxygen atoms in total. The number of fused-ring (bicyclic) bond motifs is 1. The second kappa shape index (κ2) is 8.72. The monoisotopic (exact) mass is 400 g/mol. The predicted molar refractivity (Wildman–Crippen MR) is 121 cm³/mol. The van der Waals surface area contributed by atoms with Gasteiger partial charge in [-0.15, -0.1) is 0 Å². The molecule has 144 valence electrons. The number of benzene rings is 2. The van der Waals surface area contributed by atoms with Crippen LogP contribution in [-0.4, -0.2) is 18.0 Å². The molecule has 2 N–H and O–H groups in total. The second-order valence-electron chi connectivity index (χ2n) is 8.52. The lowest BCUT2D eigenvalue weighted by Crippen LogP contribution is -2.16. The van der Waals surface area contributed by atoms with Gasteiger partial charge in [0.2, 0.25) is 0 Å². The third-order valence-electron chi connectivity index (χ3n) is 4.92. The van der Waals surface area contributed by atoms with Crippen LogP contribution in [0.15, 0.2) is 36.4 Å². The van der Waals surface area contributed by atoms with Gasteiger partial charge in [0.05, 0.1) is 10.7 Å². The maximum absolute atomic E-state index is 6.51. The van der Waals surface area contributed by atoms with E-state index < -0.39 is 0 Å². The molecule has 0 bridgehead atoms. The fourth-order valence-electron chi connectivity index (χ4n) is 3.52. The molecule has 0 fully saturated rings. The standard InChI is InChI=1S/C23H29ClN2S/c1-23(2,3)14-21(27)18-6-4-16(5-7-18)15-26-22-19-11-13-25-12-10-17(19)8-9-20(22)24/h4-9,25-26H,10-15H2,1-3H3. The third kappa shape index (κ3) is 5.54. The molecule has 27 heavy (non-hydrogen) atoms. The number of halogens is 1. The first-order chi connectivity index (χ1) is 12.8. The summed E-state index contributed by atoms with van der Waals surface area (Å²) in [6, 6.07) is 12.8. The lowest BCUT2D eigenvalue weighted by molar-refractivity contribution is 0.436. The number of nitrogens with one attached hydrogen (secondary N) is 2. The summed E-state index contributed by atoms with van der Waals surface area (Å²) in [6.07, 6.45) is 3.00. The van der Waals surface area contributed by atoms with Crippen LogP contribution < -0.4 is 10.6 Å². The summed E-state index contributed by atoms with van der Waals surface area (Å²) in [4.78, 5) is 1.03. The third-order valence-corrected chi connectivity index (χ3v) is 5.61. The van der Waals surface area contributed by atoms with E-state index in [0.29, 0.717) is 0 Å². The van der Waals surface area contributed by atoms with Gasteiger partial charge in [0.15, 0.2) is 0 Å². The van der Waals surface area contributed by atoms with Crippen molar-refractivity contribution in [2.45, 2.75) is 46.6 Å². The van der Waals surface area contributed by atoms with Crippen LogP contribution in [0.2, 0.25) is 5.02 Å². The summed E-state index contributed by atoms with van der Waals surface area (Å²) in [7, 11) is 0. The number of anilines is 1. The highest BCUT2D eigenvalue weighted by Crippen LogP contribution is 2.31. The molecular weight excluding hydrogens is 372 g/mol. The first kappa shape index (κ1) is 20.3. The van der Waals surface area contributed by atoms with Crippen LogP contribution in [0, 0.1) is 5.41 Å². The van der Waals surface area contributed by atoms with Crippen molar-refractivity contribution in [3.63, 3.8) is 0 Å². The van der Waals surface area contributed by atoms with Crippen LogP contribution in [0.4, 0.5) is 5.69 Å². The zero-order valence-corrected chi connectivity index (χ0v) is 18.1. The van der Waals surface area contributed by atoms with E-state index in [2.05, 4.69) is 61.7 Å². The first-order valence-corrected chi connectivity index (χ1v) is 10.5. The summed E-state index contributed by atoms with van der Waals surface area (Å²) in [5.41, 5.74) is 6.45. The molecule has 1 aliphatic rings. The summed E-state index contributed by atoms with van der Waals surface area (Å²) in [6.45, 7) is 9.46. The predicted octanol–water partition coefficient (Wildman–Crippen LogP) is 5.79. The first-order valence-electron chi connectivity index (χ1n) is 9.70. The fourth-order valence-corrected chi connectivity index (χ4v) is 4.33. The number of thiocarbonyl (C=S) groups is 1. The Bertz CT molecular complexity index is 806. The highest BCUT2D eigenvalue weighted by atomic mass is 35.5. The Hall–Kier alpha value is -1.42.